The Kier molecular flexibility index (Phi) is 5.70. The van der Waals surface area contributed by atoms with Crippen LogP contribution in [0.3, 0.4) is 0 Å². The van der Waals surface area contributed by atoms with Gasteiger partial charge in [-0.25, -0.2) is 13.8 Å². The van der Waals surface area contributed by atoms with E-state index in [2.05, 4.69) is 20.6 Å². The number of likely N-dealkylation sites (tertiary alicyclic amines) is 1. The van der Waals surface area contributed by atoms with E-state index in [9.17, 15) is 18.4 Å². The summed E-state index contributed by atoms with van der Waals surface area (Å²) >= 11 is 0. The summed E-state index contributed by atoms with van der Waals surface area (Å²) in [6.45, 7) is 6.64. The van der Waals surface area contributed by atoms with E-state index in [1.165, 1.54) is 6.07 Å². The highest BCUT2D eigenvalue weighted by Crippen LogP contribution is 2.34. The van der Waals surface area contributed by atoms with Crippen molar-refractivity contribution in [1.29, 1.82) is 0 Å². The van der Waals surface area contributed by atoms with Gasteiger partial charge in [0, 0.05) is 26.2 Å². The van der Waals surface area contributed by atoms with E-state index < -0.39 is 11.6 Å². The monoisotopic (exact) mass is 444 g/mol. The van der Waals surface area contributed by atoms with Crippen molar-refractivity contribution in [2.75, 3.05) is 35.7 Å². The zero-order valence-electron chi connectivity index (χ0n) is 18.4. The molecule has 2 aliphatic heterocycles. The summed E-state index contributed by atoms with van der Waals surface area (Å²) in [5.74, 6) is -0.506. The number of carbonyl (C=O) groups is 2. The molecule has 0 aliphatic carbocycles. The van der Waals surface area contributed by atoms with Gasteiger partial charge in [0.15, 0.2) is 5.82 Å². The number of carbonyl (C=O) groups excluding carboxylic acids is 2. The topological polar surface area (TPSA) is 90.5 Å². The number of rotatable bonds is 5. The zero-order chi connectivity index (χ0) is 23.2. The molecule has 0 radical (unpaired) electrons. The Bertz CT molecular complexity index is 1070. The third kappa shape index (κ3) is 4.09. The van der Waals surface area contributed by atoms with Crippen molar-refractivity contribution in [2.45, 2.75) is 39.3 Å². The van der Waals surface area contributed by atoms with Crippen LogP contribution in [-0.2, 0) is 16.0 Å². The summed E-state index contributed by atoms with van der Waals surface area (Å²) in [4.78, 5) is 37.4. The molecule has 4 rings (SSSR count). The molecule has 1 saturated heterocycles. The van der Waals surface area contributed by atoms with E-state index in [-0.39, 0.29) is 41.8 Å². The average molecular weight is 444 g/mol. The molecule has 2 amide bonds. The van der Waals surface area contributed by atoms with Gasteiger partial charge in [0.05, 0.1) is 18.2 Å². The number of amides is 2. The third-order valence-corrected chi connectivity index (χ3v) is 5.89. The number of hydrogen-bond acceptors (Lipinski definition) is 6. The summed E-state index contributed by atoms with van der Waals surface area (Å²) in [7, 11) is 1.84. The van der Waals surface area contributed by atoms with Crippen LogP contribution in [0, 0.1) is 24.5 Å². The Labute approximate surface area is 185 Å². The van der Waals surface area contributed by atoms with Crippen molar-refractivity contribution < 1.29 is 18.4 Å². The van der Waals surface area contributed by atoms with Crippen LogP contribution in [0.4, 0.5) is 26.2 Å². The molecular formula is C22H26F2N6O2. The lowest BCUT2D eigenvalue weighted by Crippen LogP contribution is -2.57. The first kappa shape index (κ1) is 21.9. The van der Waals surface area contributed by atoms with Crippen LogP contribution in [-0.4, -0.2) is 58.9 Å². The van der Waals surface area contributed by atoms with Crippen molar-refractivity contribution in [3.05, 3.63) is 41.1 Å². The largest absolute Gasteiger partial charge is 0.348 e. The molecule has 1 unspecified atom stereocenters. The van der Waals surface area contributed by atoms with Crippen LogP contribution in [0.1, 0.15) is 25.1 Å². The predicted octanol–water partition coefficient (Wildman–Crippen LogP) is 2.34. The molecule has 1 atom stereocenters. The van der Waals surface area contributed by atoms with Gasteiger partial charge in [-0.15, -0.1) is 0 Å². The van der Waals surface area contributed by atoms with Crippen molar-refractivity contribution in [1.82, 2.24) is 14.9 Å². The van der Waals surface area contributed by atoms with Gasteiger partial charge < -0.3 is 20.4 Å². The maximum absolute atomic E-state index is 13.8. The van der Waals surface area contributed by atoms with Crippen LogP contribution in [0.15, 0.2) is 18.2 Å². The normalized spacial score (nSPS) is 18.3. The molecule has 1 aromatic heterocycles. The Balaban J connectivity index is 1.40. The van der Waals surface area contributed by atoms with Gasteiger partial charge in [-0.05, 0) is 24.5 Å². The highest BCUT2D eigenvalue weighted by Gasteiger charge is 2.36. The van der Waals surface area contributed by atoms with Crippen molar-refractivity contribution in [3.63, 3.8) is 0 Å². The third-order valence-electron chi connectivity index (χ3n) is 5.89. The molecule has 10 heteroatoms. The molecule has 0 saturated carbocycles. The Hall–Kier alpha value is -3.30. The first-order valence-corrected chi connectivity index (χ1v) is 10.5. The number of halogens is 2. The van der Waals surface area contributed by atoms with Crippen LogP contribution >= 0.6 is 0 Å². The number of aryl methyl sites for hydroxylation is 1. The quantitative estimate of drug-likeness (QED) is 0.736. The number of nitrogens with one attached hydrogen (secondary N) is 2. The minimum absolute atomic E-state index is 0.0427. The number of anilines is 3. The van der Waals surface area contributed by atoms with Crippen LogP contribution in [0.2, 0.25) is 0 Å². The summed E-state index contributed by atoms with van der Waals surface area (Å²) in [5.41, 5.74) is 1.43. The number of hydrogen-bond donors (Lipinski definition) is 2. The lowest BCUT2D eigenvalue weighted by Gasteiger charge is -2.40. The Morgan fingerprint density at radius 1 is 1.28 bits per heavy atom. The fourth-order valence-electron chi connectivity index (χ4n) is 4.17. The van der Waals surface area contributed by atoms with Gasteiger partial charge in [-0.2, -0.15) is 4.98 Å². The number of aromatic nitrogens is 2. The van der Waals surface area contributed by atoms with Crippen molar-refractivity contribution >= 4 is 29.3 Å². The van der Waals surface area contributed by atoms with E-state index in [1.54, 1.807) is 4.90 Å². The fraction of sp³-hybridized carbons (Fsp3) is 0.455. The molecule has 3 heterocycles. The predicted molar refractivity (Wildman–Crippen MR) is 116 cm³/mol. The summed E-state index contributed by atoms with van der Waals surface area (Å²) in [5, 5.41) is 6.14. The van der Waals surface area contributed by atoms with Gasteiger partial charge in [0.2, 0.25) is 17.8 Å². The second kappa shape index (κ2) is 8.33. The Morgan fingerprint density at radius 2 is 2.00 bits per heavy atom. The van der Waals surface area contributed by atoms with Gasteiger partial charge in [0.25, 0.3) is 0 Å². The number of likely N-dealkylation sites (N-methyl/N-ethyl adjacent to an activating group) is 1. The number of fused-ring (bicyclic) bond motifs is 1. The van der Waals surface area contributed by atoms with Gasteiger partial charge in [0.1, 0.15) is 23.4 Å². The van der Waals surface area contributed by atoms with Crippen molar-refractivity contribution in [3.8, 4) is 0 Å². The first-order valence-electron chi connectivity index (χ1n) is 10.5. The first-order chi connectivity index (χ1) is 15.1. The highest BCUT2D eigenvalue weighted by atomic mass is 19.1. The zero-order valence-corrected chi connectivity index (χ0v) is 18.4. The smallest absolute Gasteiger partial charge is 0.247 e. The molecule has 0 bridgehead atoms. The molecule has 8 nitrogen and oxygen atoms in total. The summed E-state index contributed by atoms with van der Waals surface area (Å²) in [6, 6.07) is 2.85. The second-order valence-corrected chi connectivity index (χ2v) is 8.67. The van der Waals surface area contributed by atoms with Gasteiger partial charge in [-0.3, -0.25) is 9.59 Å². The summed E-state index contributed by atoms with van der Waals surface area (Å²) in [6.07, 6.45) is -0.117. The Morgan fingerprint density at radius 3 is 2.66 bits per heavy atom. The SMILES string of the molecule is Cc1nc(NC2CN(C(=O)Cc3ccc(F)cc3F)C2)nc2c1NC(=O)C(C(C)C)N2C. The minimum Gasteiger partial charge on any atom is -0.348 e. The van der Waals surface area contributed by atoms with Crippen molar-refractivity contribution in [2.24, 2.45) is 5.92 Å². The van der Waals surface area contributed by atoms with E-state index in [0.29, 0.717) is 36.2 Å². The number of benzene rings is 1. The van der Waals surface area contributed by atoms with E-state index in [1.807, 2.05) is 32.7 Å². The highest BCUT2D eigenvalue weighted by molar-refractivity contribution is 6.03. The van der Waals surface area contributed by atoms with E-state index in [0.717, 1.165) is 12.1 Å². The van der Waals surface area contributed by atoms with Crippen LogP contribution < -0.4 is 15.5 Å². The van der Waals surface area contributed by atoms with Crippen LogP contribution in [0.25, 0.3) is 0 Å². The molecule has 0 spiro atoms. The van der Waals surface area contributed by atoms with Gasteiger partial charge in [-0.1, -0.05) is 19.9 Å². The summed E-state index contributed by atoms with van der Waals surface area (Å²) < 4.78 is 26.8. The van der Waals surface area contributed by atoms with Gasteiger partial charge >= 0.3 is 0 Å². The maximum Gasteiger partial charge on any atom is 0.247 e. The maximum atomic E-state index is 13.8. The lowest BCUT2D eigenvalue weighted by atomic mass is 9.99. The van der Waals surface area contributed by atoms with Crippen LogP contribution in [0.5, 0.6) is 0 Å². The molecule has 1 fully saturated rings. The minimum atomic E-state index is -0.720. The molecule has 2 aliphatic rings. The molecule has 170 valence electrons. The molecule has 2 aromatic rings. The molecule has 2 N–H and O–H groups in total. The fourth-order valence-corrected chi connectivity index (χ4v) is 4.17. The average Bonchev–Trinajstić information content (AvgIpc) is 2.67. The molecule has 1 aromatic carbocycles. The van der Waals surface area contributed by atoms with E-state index in [4.69, 9.17) is 0 Å². The second-order valence-electron chi connectivity index (χ2n) is 8.67. The molecular weight excluding hydrogens is 418 g/mol. The molecule has 32 heavy (non-hydrogen) atoms. The standard InChI is InChI=1S/C22H26F2N6O2/c1-11(2)19-21(32)27-18-12(3)25-22(28-20(18)29(19)4)26-15-9-30(10-15)17(31)7-13-5-6-14(23)8-16(13)24/h5-6,8,11,15,19H,7,9-10H2,1-4H3,(H,27,32)(H,25,26,28). The van der Waals surface area contributed by atoms with E-state index >= 15 is 0 Å². The lowest BCUT2D eigenvalue weighted by molar-refractivity contribution is -0.134. The number of nitrogens with zero attached hydrogens (tertiary/aromatic N) is 4.